The number of hydrogen-bond donors (Lipinski definition) is 1. The van der Waals surface area contributed by atoms with Gasteiger partial charge in [-0.05, 0) is 36.9 Å². The molecule has 1 aliphatic carbocycles. The lowest BCUT2D eigenvalue weighted by atomic mass is 9.97. The summed E-state index contributed by atoms with van der Waals surface area (Å²) in [4.78, 5) is 4.18. The van der Waals surface area contributed by atoms with E-state index < -0.39 is 0 Å². The number of halogens is 1. The van der Waals surface area contributed by atoms with Gasteiger partial charge >= 0.3 is 0 Å². The Morgan fingerprint density at radius 3 is 3.24 bits per heavy atom. The Morgan fingerprint density at radius 1 is 1.53 bits per heavy atom. The highest BCUT2D eigenvalue weighted by Crippen LogP contribution is 2.38. The molecule has 3 nitrogen and oxygen atoms in total. The number of allylic oxidation sites excluding steroid dienone is 1. The van der Waals surface area contributed by atoms with Crippen LogP contribution in [0.1, 0.15) is 18.4 Å². The lowest BCUT2D eigenvalue weighted by molar-refractivity contribution is 0.413. The monoisotopic (exact) mass is 250 g/mol. The largest absolute Gasteiger partial charge is 0.494 e. The van der Waals surface area contributed by atoms with Crippen LogP contribution in [-0.4, -0.2) is 24.7 Å². The smallest absolute Gasteiger partial charge is 0.171 e. The number of rotatable bonds is 2. The molecule has 1 aromatic heterocycles. The van der Waals surface area contributed by atoms with Gasteiger partial charge in [0.05, 0.1) is 7.11 Å². The van der Waals surface area contributed by atoms with Crippen molar-refractivity contribution >= 4 is 17.2 Å². The Balaban J connectivity index is 1.94. The van der Waals surface area contributed by atoms with Gasteiger partial charge in [0.15, 0.2) is 10.9 Å². The molecular weight excluding hydrogens is 236 g/mol. The van der Waals surface area contributed by atoms with Crippen LogP contribution in [0, 0.1) is 5.92 Å². The number of nitrogens with zero attached hydrogens (tertiary/aromatic N) is 1. The second-order valence-corrected chi connectivity index (χ2v) is 4.95. The first-order valence-electron chi connectivity index (χ1n) is 5.93. The third-order valence-corrected chi connectivity index (χ3v) is 3.97. The van der Waals surface area contributed by atoms with Crippen LogP contribution in [0.25, 0.3) is 5.57 Å². The average molecular weight is 251 g/mol. The van der Waals surface area contributed by atoms with Gasteiger partial charge in [0.25, 0.3) is 0 Å². The van der Waals surface area contributed by atoms with Crippen LogP contribution >= 0.6 is 11.6 Å². The van der Waals surface area contributed by atoms with Crippen LogP contribution in [0.4, 0.5) is 0 Å². The van der Waals surface area contributed by atoms with E-state index in [4.69, 9.17) is 16.3 Å². The van der Waals surface area contributed by atoms with Crippen molar-refractivity contribution in [1.82, 2.24) is 10.3 Å². The molecule has 1 saturated heterocycles. The minimum atomic E-state index is 0.422. The Kier molecular flexibility index (Phi) is 2.81. The van der Waals surface area contributed by atoms with E-state index >= 15 is 0 Å². The number of fused-ring (bicyclic) bond motifs is 1. The van der Waals surface area contributed by atoms with E-state index in [0.29, 0.717) is 16.9 Å². The number of nitrogens with one attached hydrogen (secondary N) is 1. The Hall–Kier alpha value is -1.06. The van der Waals surface area contributed by atoms with E-state index in [1.807, 2.05) is 12.3 Å². The molecule has 1 aliphatic heterocycles. The summed E-state index contributed by atoms with van der Waals surface area (Å²) in [6, 6.07) is 2.46. The predicted molar refractivity (Wildman–Crippen MR) is 68.3 cm³/mol. The van der Waals surface area contributed by atoms with Crippen LogP contribution in [0.3, 0.4) is 0 Å². The molecule has 1 N–H and O–H groups in total. The molecule has 2 atom stereocenters. The van der Waals surface area contributed by atoms with Gasteiger partial charge in [0, 0.05) is 17.8 Å². The lowest BCUT2D eigenvalue weighted by Crippen LogP contribution is -2.24. The molecule has 0 spiro atoms. The van der Waals surface area contributed by atoms with Gasteiger partial charge in [0.1, 0.15) is 0 Å². The molecule has 0 aromatic carbocycles. The first kappa shape index (κ1) is 11.1. The highest BCUT2D eigenvalue weighted by atomic mass is 35.5. The summed E-state index contributed by atoms with van der Waals surface area (Å²) in [6.07, 6.45) is 6.58. The second-order valence-electron chi connectivity index (χ2n) is 4.59. The lowest BCUT2D eigenvalue weighted by Gasteiger charge is -2.15. The summed E-state index contributed by atoms with van der Waals surface area (Å²) in [5, 5.41) is 3.97. The highest BCUT2D eigenvalue weighted by molar-refractivity contribution is 6.30. The zero-order chi connectivity index (χ0) is 11.8. The third kappa shape index (κ3) is 1.83. The standard InChI is InChI=1S/C13H15ClN2O/c1-17-11-6-9(7-16-13(11)14)10-3-2-8-4-5-15-12(8)10/h3,6-8,12,15H,2,4-5H2,1H3/t8-,12+/m1/s1. The quantitative estimate of drug-likeness (QED) is 0.819. The zero-order valence-electron chi connectivity index (χ0n) is 9.74. The minimum absolute atomic E-state index is 0.422. The Bertz CT molecular complexity index is 472. The van der Waals surface area contributed by atoms with E-state index in [-0.39, 0.29) is 0 Å². The average Bonchev–Trinajstić information content (AvgIpc) is 2.92. The molecule has 4 heteroatoms. The Morgan fingerprint density at radius 2 is 2.41 bits per heavy atom. The van der Waals surface area contributed by atoms with Crippen molar-refractivity contribution < 1.29 is 4.74 Å². The summed E-state index contributed by atoms with van der Waals surface area (Å²) >= 11 is 5.94. The van der Waals surface area contributed by atoms with Gasteiger partial charge in [-0.3, -0.25) is 0 Å². The molecule has 2 aliphatic rings. The molecule has 0 bridgehead atoms. The highest BCUT2D eigenvalue weighted by Gasteiger charge is 2.34. The normalized spacial score (nSPS) is 26.8. The molecule has 0 radical (unpaired) electrons. The van der Waals surface area contributed by atoms with Gasteiger partial charge in [-0.25, -0.2) is 4.98 Å². The number of ether oxygens (including phenoxy) is 1. The fourth-order valence-corrected chi connectivity index (χ4v) is 2.99. The fourth-order valence-electron chi connectivity index (χ4n) is 2.81. The summed E-state index contributed by atoms with van der Waals surface area (Å²) in [5.41, 5.74) is 2.46. The number of hydrogen-bond acceptors (Lipinski definition) is 3. The zero-order valence-corrected chi connectivity index (χ0v) is 10.5. The van der Waals surface area contributed by atoms with Crippen molar-refractivity contribution in [2.24, 2.45) is 5.92 Å². The predicted octanol–water partition coefficient (Wildman–Crippen LogP) is 2.51. The third-order valence-electron chi connectivity index (χ3n) is 3.69. The number of methoxy groups -OCH3 is 1. The minimum Gasteiger partial charge on any atom is -0.494 e. The van der Waals surface area contributed by atoms with E-state index in [9.17, 15) is 0 Å². The van der Waals surface area contributed by atoms with Gasteiger partial charge in [0.2, 0.25) is 0 Å². The van der Waals surface area contributed by atoms with Gasteiger partial charge < -0.3 is 10.1 Å². The van der Waals surface area contributed by atoms with E-state index in [0.717, 1.165) is 24.4 Å². The Labute approximate surface area is 106 Å². The van der Waals surface area contributed by atoms with Crippen molar-refractivity contribution in [1.29, 1.82) is 0 Å². The van der Waals surface area contributed by atoms with E-state index in [1.165, 1.54) is 12.0 Å². The summed E-state index contributed by atoms with van der Waals surface area (Å²) < 4.78 is 5.21. The van der Waals surface area contributed by atoms with Crippen molar-refractivity contribution in [3.63, 3.8) is 0 Å². The molecule has 0 saturated carbocycles. The van der Waals surface area contributed by atoms with Crippen molar-refractivity contribution in [2.75, 3.05) is 13.7 Å². The SMILES string of the molecule is COc1cc(C2=CC[C@@H]3CCN[C@H]23)cnc1Cl. The molecule has 1 fully saturated rings. The number of pyridine rings is 1. The van der Waals surface area contributed by atoms with E-state index in [1.54, 1.807) is 7.11 Å². The molecule has 90 valence electrons. The van der Waals surface area contributed by atoms with Crippen LogP contribution in [-0.2, 0) is 0 Å². The summed E-state index contributed by atoms with van der Waals surface area (Å²) in [6.45, 7) is 1.12. The molecule has 0 amide bonds. The molecule has 2 heterocycles. The number of aromatic nitrogens is 1. The second kappa shape index (κ2) is 4.31. The van der Waals surface area contributed by atoms with Crippen molar-refractivity contribution in [2.45, 2.75) is 18.9 Å². The molecule has 17 heavy (non-hydrogen) atoms. The first-order chi connectivity index (χ1) is 8.29. The van der Waals surface area contributed by atoms with Gasteiger partial charge in [-0.2, -0.15) is 0 Å². The van der Waals surface area contributed by atoms with E-state index in [2.05, 4.69) is 16.4 Å². The van der Waals surface area contributed by atoms with Crippen LogP contribution in [0.15, 0.2) is 18.3 Å². The molecular formula is C13H15ClN2O. The summed E-state index contributed by atoms with van der Waals surface area (Å²) in [5.74, 6) is 1.40. The van der Waals surface area contributed by atoms with Crippen molar-refractivity contribution in [3.8, 4) is 5.75 Å². The maximum absolute atomic E-state index is 5.94. The fraction of sp³-hybridized carbons (Fsp3) is 0.462. The van der Waals surface area contributed by atoms with Crippen molar-refractivity contribution in [3.05, 3.63) is 29.1 Å². The van der Waals surface area contributed by atoms with Gasteiger partial charge in [-0.1, -0.05) is 17.7 Å². The molecule has 3 rings (SSSR count). The maximum Gasteiger partial charge on any atom is 0.171 e. The molecule has 1 aromatic rings. The van der Waals surface area contributed by atoms with Gasteiger partial charge in [-0.15, -0.1) is 0 Å². The molecule has 0 unspecified atom stereocenters. The maximum atomic E-state index is 5.94. The first-order valence-corrected chi connectivity index (χ1v) is 6.30. The van der Waals surface area contributed by atoms with Crippen LogP contribution in [0.5, 0.6) is 5.75 Å². The van der Waals surface area contributed by atoms with Crippen LogP contribution < -0.4 is 10.1 Å². The summed E-state index contributed by atoms with van der Waals surface area (Å²) in [7, 11) is 1.62. The topological polar surface area (TPSA) is 34.1 Å². The van der Waals surface area contributed by atoms with Crippen LogP contribution in [0.2, 0.25) is 5.15 Å².